The van der Waals surface area contributed by atoms with E-state index in [0.29, 0.717) is 31.6 Å². The monoisotopic (exact) mass is 469 g/mol. The Balaban J connectivity index is 1.30. The molecule has 0 atom stereocenters. The van der Waals surface area contributed by atoms with Crippen LogP contribution in [0.15, 0.2) is 58.8 Å². The Morgan fingerprint density at radius 3 is 2.34 bits per heavy atom. The lowest BCUT2D eigenvalue weighted by Gasteiger charge is -2.25. The van der Waals surface area contributed by atoms with E-state index in [4.69, 9.17) is 0 Å². The van der Waals surface area contributed by atoms with Crippen LogP contribution in [-0.2, 0) is 16.4 Å². The fourth-order valence-corrected chi connectivity index (χ4v) is 5.93. The van der Waals surface area contributed by atoms with Crippen LogP contribution in [0.4, 0.5) is 0 Å². The third-order valence-corrected chi connectivity index (χ3v) is 8.32. The molecule has 4 rings (SSSR count). The van der Waals surface area contributed by atoms with Gasteiger partial charge in [0.1, 0.15) is 0 Å². The number of aryl methyl sites for hydroxylation is 1. The summed E-state index contributed by atoms with van der Waals surface area (Å²) in [7, 11) is -3.48. The number of sulfonamides is 1. The fourth-order valence-electron chi connectivity index (χ4n) is 3.79. The lowest BCUT2D eigenvalue weighted by Crippen LogP contribution is -2.35. The van der Waals surface area contributed by atoms with Crippen LogP contribution in [0.25, 0.3) is 11.3 Å². The summed E-state index contributed by atoms with van der Waals surface area (Å²) in [5, 5.41) is 6.00. The zero-order valence-corrected chi connectivity index (χ0v) is 19.7. The van der Waals surface area contributed by atoms with Crippen molar-refractivity contribution in [3.8, 4) is 11.3 Å². The number of nitrogens with one attached hydrogen (secondary N) is 1. The SMILES string of the molecule is Cc1nc(-c2ccc(CCNC(=O)c3ccc(S(=O)(=O)N4CCCCC4)cc3)cc2)cs1. The minimum Gasteiger partial charge on any atom is -0.352 e. The maximum absolute atomic E-state index is 12.7. The van der Waals surface area contributed by atoms with Gasteiger partial charge < -0.3 is 5.32 Å². The Bertz CT molecular complexity index is 1160. The van der Waals surface area contributed by atoms with Gasteiger partial charge in [-0.1, -0.05) is 30.7 Å². The number of amides is 1. The third-order valence-electron chi connectivity index (χ3n) is 5.64. The zero-order valence-electron chi connectivity index (χ0n) is 18.1. The molecule has 32 heavy (non-hydrogen) atoms. The van der Waals surface area contributed by atoms with Crippen LogP contribution in [0.2, 0.25) is 0 Å². The molecule has 2 heterocycles. The van der Waals surface area contributed by atoms with E-state index in [-0.39, 0.29) is 10.8 Å². The van der Waals surface area contributed by atoms with Gasteiger partial charge in [-0.25, -0.2) is 13.4 Å². The Labute approximate surface area is 193 Å². The number of thiazole rings is 1. The largest absolute Gasteiger partial charge is 0.352 e. The second kappa shape index (κ2) is 9.94. The van der Waals surface area contributed by atoms with E-state index in [2.05, 4.69) is 22.4 Å². The van der Waals surface area contributed by atoms with E-state index in [9.17, 15) is 13.2 Å². The molecular weight excluding hydrogens is 442 g/mol. The van der Waals surface area contributed by atoms with Crippen LogP contribution < -0.4 is 5.32 Å². The summed E-state index contributed by atoms with van der Waals surface area (Å²) >= 11 is 1.63. The second-order valence-electron chi connectivity index (χ2n) is 7.94. The summed E-state index contributed by atoms with van der Waals surface area (Å²) in [5.74, 6) is -0.207. The predicted octanol–water partition coefficient (Wildman–Crippen LogP) is 4.27. The fraction of sp³-hybridized carbons (Fsp3) is 0.333. The van der Waals surface area contributed by atoms with E-state index >= 15 is 0 Å². The van der Waals surface area contributed by atoms with Crippen LogP contribution in [0, 0.1) is 6.92 Å². The predicted molar refractivity (Wildman–Crippen MR) is 127 cm³/mol. The summed E-state index contributed by atoms with van der Waals surface area (Å²) < 4.78 is 27.0. The number of benzene rings is 2. The van der Waals surface area contributed by atoms with Gasteiger partial charge in [-0.2, -0.15) is 4.31 Å². The van der Waals surface area contributed by atoms with Crippen molar-refractivity contribution in [1.29, 1.82) is 0 Å². The van der Waals surface area contributed by atoms with E-state index < -0.39 is 10.0 Å². The van der Waals surface area contributed by atoms with Crippen LogP contribution >= 0.6 is 11.3 Å². The highest BCUT2D eigenvalue weighted by atomic mass is 32.2. The molecule has 1 amide bonds. The molecule has 1 saturated heterocycles. The molecule has 0 unspecified atom stereocenters. The van der Waals surface area contributed by atoms with E-state index in [1.54, 1.807) is 23.5 Å². The number of nitrogens with zero attached hydrogens (tertiary/aromatic N) is 2. The minimum absolute atomic E-state index is 0.207. The van der Waals surface area contributed by atoms with Crippen molar-refractivity contribution in [2.24, 2.45) is 0 Å². The van der Waals surface area contributed by atoms with E-state index in [0.717, 1.165) is 41.1 Å². The van der Waals surface area contributed by atoms with Crippen LogP contribution in [0.1, 0.15) is 40.2 Å². The molecule has 1 aliphatic heterocycles. The third kappa shape index (κ3) is 5.26. The minimum atomic E-state index is -3.48. The maximum atomic E-state index is 12.7. The zero-order chi connectivity index (χ0) is 22.6. The first kappa shape index (κ1) is 22.6. The first-order chi connectivity index (χ1) is 15.4. The van der Waals surface area contributed by atoms with Gasteiger partial charge in [0.05, 0.1) is 15.6 Å². The van der Waals surface area contributed by atoms with Gasteiger partial charge in [0.2, 0.25) is 10.0 Å². The van der Waals surface area contributed by atoms with Crippen molar-refractivity contribution in [2.45, 2.75) is 37.5 Å². The van der Waals surface area contributed by atoms with Gasteiger partial charge in [0.15, 0.2) is 0 Å². The number of carbonyl (C=O) groups is 1. The van der Waals surface area contributed by atoms with Gasteiger partial charge in [0, 0.05) is 36.1 Å². The van der Waals surface area contributed by atoms with Gasteiger partial charge in [-0.3, -0.25) is 4.79 Å². The molecule has 0 radical (unpaired) electrons. The summed E-state index contributed by atoms with van der Waals surface area (Å²) in [5.41, 5.74) is 3.65. The summed E-state index contributed by atoms with van der Waals surface area (Å²) in [4.78, 5) is 17.2. The van der Waals surface area contributed by atoms with Crippen molar-refractivity contribution in [3.63, 3.8) is 0 Å². The number of rotatable bonds is 7. The normalized spacial score (nSPS) is 14.9. The molecule has 6 nitrogen and oxygen atoms in total. The topological polar surface area (TPSA) is 79.4 Å². The lowest BCUT2D eigenvalue weighted by molar-refractivity contribution is 0.0954. The highest BCUT2D eigenvalue weighted by Gasteiger charge is 2.25. The van der Waals surface area contributed by atoms with E-state index in [1.165, 1.54) is 16.4 Å². The number of hydrogen-bond acceptors (Lipinski definition) is 5. The Morgan fingerprint density at radius 1 is 1.03 bits per heavy atom. The Hall–Kier alpha value is -2.55. The molecule has 1 fully saturated rings. The van der Waals surface area contributed by atoms with Crippen molar-refractivity contribution >= 4 is 27.3 Å². The summed E-state index contributed by atoms with van der Waals surface area (Å²) in [6.45, 7) is 3.62. The first-order valence-electron chi connectivity index (χ1n) is 10.8. The van der Waals surface area contributed by atoms with E-state index in [1.807, 2.05) is 24.4 Å². The quantitative estimate of drug-likeness (QED) is 0.561. The molecule has 0 spiro atoms. The van der Waals surface area contributed by atoms with Crippen LogP contribution in [0.5, 0.6) is 0 Å². The van der Waals surface area contributed by atoms with Crippen molar-refractivity contribution in [1.82, 2.24) is 14.6 Å². The molecule has 1 aliphatic rings. The van der Waals surface area contributed by atoms with Gasteiger partial charge in [0.25, 0.3) is 5.91 Å². The average Bonchev–Trinajstić information content (AvgIpc) is 3.26. The Kier molecular flexibility index (Phi) is 7.03. The van der Waals surface area contributed by atoms with Crippen molar-refractivity contribution in [2.75, 3.05) is 19.6 Å². The molecule has 0 saturated carbocycles. The van der Waals surface area contributed by atoms with Gasteiger partial charge in [-0.15, -0.1) is 11.3 Å². The Morgan fingerprint density at radius 2 is 1.72 bits per heavy atom. The summed E-state index contributed by atoms with van der Waals surface area (Å²) in [6.07, 6.45) is 3.57. The second-order valence-corrected chi connectivity index (χ2v) is 10.9. The molecule has 3 aromatic rings. The highest BCUT2D eigenvalue weighted by Crippen LogP contribution is 2.22. The molecule has 0 aliphatic carbocycles. The molecule has 1 aromatic heterocycles. The number of hydrogen-bond donors (Lipinski definition) is 1. The van der Waals surface area contributed by atoms with Crippen molar-refractivity contribution < 1.29 is 13.2 Å². The molecule has 0 bridgehead atoms. The van der Waals surface area contributed by atoms with Crippen molar-refractivity contribution in [3.05, 3.63) is 70.0 Å². The number of carbonyl (C=O) groups excluding carboxylic acids is 1. The summed E-state index contributed by atoms with van der Waals surface area (Å²) in [6, 6.07) is 14.4. The maximum Gasteiger partial charge on any atom is 0.251 e. The van der Waals surface area contributed by atoms with Gasteiger partial charge in [-0.05, 0) is 56.0 Å². The first-order valence-corrected chi connectivity index (χ1v) is 13.2. The highest BCUT2D eigenvalue weighted by molar-refractivity contribution is 7.89. The lowest BCUT2D eigenvalue weighted by atomic mass is 10.1. The molecule has 8 heteroatoms. The van der Waals surface area contributed by atoms with Crippen LogP contribution in [0.3, 0.4) is 0 Å². The molecular formula is C24H27N3O3S2. The smallest absolute Gasteiger partial charge is 0.251 e. The molecule has 1 N–H and O–H groups in total. The molecule has 2 aromatic carbocycles. The standard InChI is InChI=1S/C24H27N3O3S2/c1-18-26-23(17-31-18)20-7-5-19(6-8-20)13-14-25-24(28)21-9-11-22(12-10-21)32(29,30)27-15-3-2-4-16-27/h5-12,17H,2-4,13-16H2,1H3,(H,25,28). The van der Waals surface area contributed by atoms with Crippen LogP contribution in [-0.4, -0.2) is 43.2 Å². The number of aromatic nitrogens is 1. The molecule has 168 valence electrons. The number of piperidine rings is 1. The average molecular weight is 470 g/mol. The van der Waals surface area contributed by atoms with Gasteiger partial charge >= 0.3 is 0 Å².